The summed E-state index contributed by atoms with van der Waals surface area (Å²) in [6, 6.07) is 8.30. The maximum Gasteiger partial charge on any atom is 0.404 e. The van der Waals surface area contributed by atoms with E-state index in [4.69, 9.17) is 15.6 Å². The summed E-state index contributed by atoms with van der Waals surface area (Å²) in [5.74, 6) is -3.36. The highest BCUT2D eigenvalue weighted by atomic mass is 32.2. The normalized spacial score (nSPS) is 11.7. The van der Waals surface area contributed by atoms with Gasteiger partial charge in [0.1, 0.15) is 17.1 Å². The van der Waals surface area contributed by atoms with Gasteiger partial charge in [0.2, 0.25) is 15.9 Å². The van der Waals surface area contributed by atoms with Gasteiger partial charge in [0.25, 0.3) is 5.91 Å². The number of nitrogens with zero attached hydrogens (tertiary/aromatic N) is 2. The summed E-state index contributed by atoms with van der Waals surface area (Å²) >= 11 is 0. The molecule has 0 aliphatic heterocycles. The van der Waals surface area contributed by atoms with Crippen molar-refractivity contribution in [3.05, 3.63) is 48.2 Å². The molecule has 1 amide bonds. The first-order valence-electron chi connectivity index (χ1n) is 11.0. The SMILES string of the molecule is NC(=O)c1c(-c2ccc(NS(=O)(=O)CC(F)(F)F)cc2)n[nH]c1Nc1ccnc(OCCCCC(=O)O)c1. The fraction of sp³-hybridized carbons (Fsp3) is 0.273. The van der Waals surface area contributed by atoms with Gasteiger partial charge in [-0.2, -0.15) is 18.3 Å². The smallest absolute Gasteiger partial charge is 0.404 e. The van der Waals surface area contributed by atoms with Gasteiger partial charge in [-0.1, -0.05) is 12.1 Å². The Morgan fingerprint density at radius 2 is 1.82 bits per heavy atom. The second-order valence-corrected chi connectivity index (χ2v) is 9.67. The molecule has 6 N–H and O–H groups in total. The van der Waals surface area contributed by atoms with E-state index in [1.807, 2.05) is 4.72 Å². The van der Waals surface area contributed by atoms with Crippen molar-refractivity contribution in [1.82, 2.24) is 15.2 Å². The first kappa shape index (κ1) is 28.2. The number of H-pyrrole nitrogens is 1. The third kappa shape index (κ3) is 8.36. The number of benzene rings is 1. The zero-order valence-electron chi connectivity index (χ0n) is 19.6. The highest BCUT2D eigenvalue weighted by Crippen LogP contribution is 2.30. The number of anilines is 3. The van der Waals surface area contributed by atoms with Gasteiger partial charge in [-0.15, -0.1) is 0 Å². The molecule has 0 saturated carbocycles. The number of carboxylic acids is 1. The molecule has 0 atom stereocenters. The van der Waals surface area contributed by atoms with E-state index in [0.717, 1.165) is 0 Å². The number of hydrogen-bond acceptors (Lipinski definition) is 8. The van der Waals surface area contributed by atoms with Crippen molar-refractivity contribution in [1.29, 1.82) is 0 Å². The monoisotopic (exact) mass is 556 g/mol. The predicted octanol–water partition coefficient (Wildman–Crippen LogP) is 3.25. The molecule has 1 aromatic carbocycles. The van der Waals surface area contributed by atoms with Gasteiger partial charge in [0.15, 0.2) is 5.75 Å². The number of carbonyl (C=O) groups excluding carboxylic acids is 1. The summed E-state index contributed by atoms with van der Waals surface area (Å²) in [4.78, 5) is 26.9. The Bertz CT molecular complexity index is 1390. The Hall–Kier alpha value is -4.34. The number of ether oxygens (including phenoxy) is 1. The number of sulfonamides is 1. The van der Waals surface area contributed by atoms with Crippen LogP contribution in [0.15, 0.2) is 42.6 Å². The van der Waals surface area contributed by atoms with E-state index in [0.29, 0.717) is 24.1 Å². The number of aromatic nitrogens is 3. The van der Waals surface area contributed by atoms with Crippen LogP contribution in [0.4, 0.5) is 30.4 Å². The predicted molar refractivity (Wildman–Crippen MR) is 131 cm³/mol. The number of amides is 1. The Morgan fingerprint density at radius 3 is 2.45 bits per heavy atom. The number of unbranched alkanes of at least 4 members (excludes halogenated alkanes) is 1. The minimum absolute atomic E-state index is 0.0247. The number of nitrogens with two attached hydrogens (primary N) is 1. The van der Waals surface area contributed by atoms with Gasteiger partial charge in [-0.05, 0) is 31.0 Å². The van der Waals surface area contributed by atoms with Gasteiger partial charge < -0.3 is 20.9 Å². The van der Waals surface area contributed by atoms with Crippen LogP contribution in [0.5, 0.6) is 5.88 Å². The lowest BCUT2D eigenvalue weighted by molar-refractivity contribution is -0.137. The summed E-state index contributed by atoms with van der Waals surface area (Å²) < 4.78 is 68.0. The highest BCUT2D eigenvalue weighted by molar-refractivity contribution is 7.92. The number of rotatable bonds is 13. The molecule has 38 heavy (non-hydrogen) atoms. The Morgan fingerprint density at radius 1 is 1.11 bits per heavy atom. The summed E-state index contributed by atoms with van der Waals surface area (Å²) in [6.45, 7) is 0.257. The van der Waals surface area contributed by atoms with Gasteiger partial charge >= 0.3 is 12.1 Å². The molecule has 2 aromatic heterocycles. The van der Waals surface area contributed by atoms with Crippen molar-refractivity contribution in [3.63, 3.8) is 0 Å². The number of nitrogens with one attached hydrogen (secondary N) is 3. The largest absolute Gasteiger partial charge is 0.481 e. The lowest BCUT2D eigenvalue weighted by atomic mass is 10.1. The van der Waals surface area contributed by atoms with Crippen LogP contribution in [0.25, 0.3) is 11.3 Å². The molecule has 0 unspecified atom stereocenters. The minimum atomic E-state index is -4.90. The number of halogens is 3. The van der Waals surface area contributed by atoms with Crippen molar-refractivity contribution in [2.45, 2.75) is 25.4 Å². The lowest BCUT2D eigenvalue weighted by Gasteiger charge is -2.11. The Kier molecular flexibility index (Phi) is 8.77. The quantitative estimate of drug-likeness (QED) is 0.197. The number of pyridine rings is 1. The van der Waals surface area contributed by atoms with E-state index in [-0.39, 0.29) is 41.7 Å². The van der Waals surface area contributed by atoms with E-state index in [1.54, 1.807) is 12.1 Å². The van der Waals surface area contributed by atoms with Crippen LogP contribution in [0.2, 0.25) is 0 Å². The van der Waals surface area contributed by atoms with Crippen molar-refractivity contribution in [3.8, 4) is 17.1 Å². The van der Waals surface area contributed by atoms with Crippen LogP contribution in [0.1, 0.15) is 29.6 Å². The zero-order valence-corrected chi connectivity index (χ0v) is 20.4. The van der Waals surface area contributed by atoms with Crippen LogP contribution in [-0.4, -0.2) is 59.1 Å². The van der Waals surface area contributed by atoms with Crippen molar-refractivity contribution >= 4 is 39.1 Å². The second-order valence-electron chi connectivity index (χ2n) is 7.95. The summed E-state index contributed by atoms with van der Waals surface area (Å²) in [5, 5.41) is 18.4. The standard InChI is InChI=1S/C22H23F3N6O6S/c23-22(24,25)12-38(35,36)31-14-6-4-13(5-7-14)19-18(20(26)34)21(30-29-19)28-15-8-9-27-16(11-15)37-10-2-1-3-17(32)33/h4-9,11,31H,1-3,10,12H2,(H2,26,34)(H,32,33)(H2,27,28,29,30). The number of aliphatic carboxylic acids is 1. The number of aromatic amines is 1. The maximum absolute atomic E-state index is 12.4. The number of carboxylic acid groups (broad SMARTS) is 1. The summed E-state index contributed by atoms with van der Waals surface area (Å²) in [6.07, 6.45) is -2.44. The lowest BCUT2D eigenvalue weighted by Crippen LogP contribution is -2.27. The van der Waals surface area contributed by atoms with E-state index in [1.165, 1.54) is 30.5 Å². The molecule has 204 valence electrons. The summed E-state index contributed by atoms with van der Waals surface area (Å²) in [7, 11) is -4.66. The molecular weight excluding hydrogens is 533 g/mol. The number of carbonyl (C=O) groups is 2. The maximum atomic E-state index is 12.4. The van der Waals surface area contributed by atoms with E-state index in [9.17, 15) is 31.2 Å². The minimum Gasteiger partial charge on any atom is -0.481 e. The van der Waals surface area contributed by atoms with Crippen LogP contribution in [0.3, 0.4) is 0 Å². The van der Waals surface area contributed by atoms with Gasteiger partial charge in [-0.3, -0.25) is 19.4 Å². The molecule has 2 heterocycles. The zero-order chi connectivity index (χ0) is 27.9. The summed E-state index contributed by atoms with van der Waals surface area (Å²) in [5.41, 5.74) is 6.34. The first-order valence-corrected chi connectivity index (χ1v) is 12.6. The molecule has 0 aliphatic carbocycles. The van der Waals surface area contributed by atoms with Crippen LogP contribution < -0.4 is 20.5 Å². The van der Waals surface area contributed by atoms with Crippen molar-refractivity contribution in [2.24, 2.45) is 5.73 Å². The van der Waals surface area contributed by atoms with E-state index < -0.39 is 33.8 Å². The van der Waals surface area contributed by atoms with Crippen molar-refractivity contribution < 1.29 is 41.0 Å². The molecule has 0 aliphatic rings. The molecule has 0 spiro atoms. The molecular formula is C22H23F3N6O6S. The fourth-order valence-electron chi connectivity index (χ4n) is 3.27. The Labute approximate surface area is 214 Å². The van der Waals surface area contributed by atoms with Crippen LogP contribution in [0, 0.1) is 0 Å². The molecule has 0 radical (unpaired) electrons. The molecule has 16 heteroatoms. The highest BCUT2D eigenvalue weighted by Gasteiger charge is 2.35. The molecule has 0 bridgehead atoms. The van der Waals surface area contributed by atoms with Gasteiger partial charge in [-0.25, -0.2) is 13.4 Å². The molecule has 12 nitrogen and oxygen atoms in total. The Balaban J connectivity index is 1.73. The third-order valence-electron chi connectivity index (χ3n) is 4.84. The number of primary amides is 1. The third-order valence-corrected chi connectivity index (χ3v) is 6.09. The molecule has 0 saturated heterocycles. The molecule has 3 rings (SSSR count). The van der Waals surface area contributed by atoms with Gasteiger partial charge in [0.05, 0.1) is 6.61 Å². The van der Waals surface area contributed by atoms with Crippen molar-refractivity contribution in [2.75, 3.05) is 22.4 Å². The topological polar surface area (TPSA) is 189 Å². The average Bonchev–Trinajstić information content (AvgIpc) is 3.21. The second kappa shape index (κ2) is 11.8. The molecule has 0 fully saturated rings. The van der Waals surface area contributed by atoms with Crippen LogP contribution >= 0.6 is 0 Å². The number of alkyl halides is 3. The van der Waals surface area contributed by atoms with E-state index >= 15 is 0 Å². The fourth-order valence-corrected chi connectivity index (χ4v) is 4.27. The first-order chi connectivity index (χ1) is 17.8. The van der Waals surface area contributed by atoms with E-state index in [2.05, 4.69) is 20.5 Å². The number of hydrogen-bond donors (Lipinski definition) is 5. The average molecular weight is 557 g/mol. The molecule has 3 aromatic rings. The van der Waals surface area contributed by atoms with Crippen LogP contribution in [-0.2, 0) is 14.8 Å². The van der Waals surface area contributed by atoms with Gasteiger partial charge in [0, 0.05) is 35.6 Å².